The standard InChI is InChI=1S/C15H17NO5/c17-10-11-2-3-13(16(18)19)14(8-11)21-12-4-7-20-15(9-12)5-1-6-15/h2-3,8,10,12H,1,4-7,9H2. The molecule has 0 N–H and O–H groups in total. The van der Waals surface area contributed by atoms with E-state index in [1.165, 1.54) is 18.2 Å². The van der Waals surface area contributed by atoms with Crippen LogP contribution in [-0.2, 0) is 4.74 Å². The van der Waals surface area contributed by atoms with Gasteiger partial charge in [-0.1, -0.05) is 0 Å². The third-order valence-electron chi connectivity index (χ3n) is 4.32. The van der Waals surface area contributed by atoms with Crippen molar-refractivity contribution in [3.63, 3.8) is 0 Å². The number of benzene rings is 1. The second kappa shape index (κ2) is 5.44. The molecule has 21 heavy (non-hydrogen) atoms. The summed E-state index contributed by atoms with van der Waals surface area (Å²) in [5.74, 6) is 0.172. The Morgan fingerprint density at radius 1 is 1.43 bits per heavy atom. The van der Waals surface area contributed by atoms with Crippen LogP contribution in [0.15, 0.2) is 18.2 Å². The lowest BCUT2D eigenvalue weighted by Gasteiger charge is -2.46. The van der Waals surface area contributed by atoms with Gasteiger partial charge in [0.05, 0.1) is 17.1 Å². The molecule has 1 aliphatic heterocycles. The van der Waals surface area contributed by atoms with E-state index in [1.54, 1.807) is 0 Å². The van der Waals surface area contributed by atoms with Crippen LogP contribution in [0.1, 0.15) is 42.5 Å². The summed E-state index contributed by atoms with van der Waals surface area (Å²) in [5.41, 5.74) is 0.190. The molecule has 1 aromatic rings. The van der Waals surface area contributed by atoms with Gasteiger partial charge in [-0.05, 0) is 31.4 Å². The number of ether oxygens (including phenoxy) is 2. The molecule has 1 saturated heterocycles. The van der Waals surface area contributed by atoms with E-state index in [1.807, 2.05) is 0 Å². The molecule has 3 rings (SSSR count). The van der Waals surface area contributed by atoms with Crippen LogP contribution in [0.4, 0.5) is 5.69 Å². The van der Waals surface area contributed by atoms with Crippen LogP contribution in [0.3, 0.4) is 0 Å². The van der Waals surface area contributed by atoms with E-state index in [0.29, 0.717) is 24.9 Å². The Balaban J connectivity index is 1.79. The van der Waals surface area contributed by atoms with Gasteiger partial charge in [0, 0.05) is 24.5 Å². The third kappa shape index (κ3) is 2.76. The number of aldehydes is 1. The van der Waals surface area contributed by atoms with Gasteiger partial charge in [0.1, 0.15) is 12.4 Å². The van der Waals surface area contributed by atoms with Crippen molar-refractivity contribution in [1.82, 2.24) is 0 Å². The number of nitrogens with zero attached hydrogens (tertiary/aromatic N) is 1. The van der Waals surface area contributed by atoms with Crippen molar-refractivity contribution < 1.29 is 19.2 Å². The van der Waals surface area contributed by atoms with Gasteiger partial charge in [0.25, 0.3) is 0 Å². The number of hydrogen-bond donors (Lipinski definition) is 0. The second-order valence-corrected chi connectivity index (χ2v) is 5.72. The molecule has 1 saturated carbocycles. The molecule has 6 nitrogen and oxygen atoms in total. The normalized spacial score (nSPS) is 23.3. The monoisotopic (exact) mass is 291 g/mol. The maximum Gasteiger partial charge on any atom is 0.310 e. The molecule has 1 aromatic carbocycles. The quantitative estimate of drug-likeness (QED) is 0.484. The Bertz CT molecular complexity index is 567. The average Bonchev–Trinajstić information content (AvgIpc) is 2.45. The topological polar surface area (TPSA) is 78.7 Å². The maximum atomic E-state index is 11.1. The zero-order valence-electron chi connectivity index (χ0n) is 11.6. The largest absolute Gasteiger partial charge is 0.483 e. The summed E-state index contributed by atoms with van der Waals surface area (Å²) in [6.45, 7) is 0.617. The van der Waals surface area contributed by atoms with Crippen molar-refractivity contribution in [2.75, 3.05) is 6.61 Å². The van der Waals surface area contributed by atoms with Crippen LogP contribution in [0.5, 0.6) is 5.75 Å². The fraction of sp³-hybridized carbons (Fsp3) is 0.533. The van der Waals surface area contributed by atoms with Gasteiger partial charge in [-0.2, -0.15) is 0 Å². The molecule has 1 unspecified atom stereocenters. The Morgan fingerprint density at radius 3 is 2.86 bits per heavy atom. The molecular formula is C15H17NO5. The molecule has 0 radical (unpaired) electrons. The van der Waals surface area contributed by atoms with E-state index in [2.05, 4.69) is 0 Å². The van der Waals surface area contributed by atoms with Gasteiger partial charge in [-0.25, -0.2) is 0 Å². The lowest BCUT2D eigenvalue weighted by Crippen LogP contribution is -2.48. The molecule has 2 aliphatic rings. The highest BCUT2D eigenvalue weighted by Crippen LogP contribution is 2.43. The van der Waals surface area contributed by atoms with E-state index >= 15 is 0 Å². The van der Waals surface area contributed by atoms with Gasteiger partial charge in [0.2, 0.25) is 0 Å². The lowest BCUT2D eigenvalue weighted by atomic mass is 9.74. The van der Waals surface area contributed by atoms with Gasteiger partial charge in [0.15, 0.2) is 5.75 Å². The van der Waals surface area contributed by atoms with Crippen molar-refractivity contribution >= 4 is 12.0 Å². The van der Waals surface area contributed by atoms with E-state index < -0.39 is 4.92 Å². The van der Waals surface area contributed by atoms with Crippen molar-refractivity contribution in [2.24, 2.45) is 0 Å². The fourth-order valence-corrected chi connectivity index (χ4v) is 3.03. The van der Waals surface area contributed by atoms with Crippen molar-refractivity contribution in [1.29, 1.82) is 0 Å². The summed E-state index contributed by atoms with van der Waals surface area (Å²) in [6.07, 6.45) is 5.26. The molecule has 0 amide bonds. The lowest BCUT2D eigenvalue weighted by molar-refractivity contribution is -0.386. The van der Waals surface area contributed by atoms with E-state index in [-0.39, 0.29) is 23.1 Å². The summed E-state index contributed by atoms with van der Waals surface area (Å²) in [6, 6.07) is 4.18. The smallest absolute Gasteiger partial charge is 0.310 e. The molecule has 2 fully saturated rings. The first-order valence-corrected chi connectivity index (χ1v) is 7.16. The number of carbonyl (C=O) groups excluding carboxylic acids is 1. The zero-order chi connectivity index (χ0) is 14.9. The van der Waals surface area contributed by atoms with Crippen LogP contribution in [0.2, 0.25) is 0 Å². The highest BCUT2D eigenvalue weighted by atomic mass is 16.6. The molecule has 0 bridgehead atoms. The Morgan fingerprint density at radius 2 is 2.24 bits per heavy atom. The molecule has 1 heterocycles. The molecular weight excluding hydrogens is 274 g/mol. The summed E-state index contributed by atoms with van der Waals surface area (Å²) in [4.78, 5) is 21.4. The van der Waals surface area contributed by atoms with Crippen LogP contribution in [0.25, 0.3) is 0 Å². The third-order valence-corrected chi connectivity index (χ3v) is 4.32. The van der Waals surface area contributed by atoms with Gasteiger partial charge in [-0.15, -0.1) is 0 Å². The molecule has 1 atom stereocenters. The van der Waals surface area contributed by atoms with E-state index in [9.17, 15) is 14.9 Å². The minimum Gasteiger partial charge on any atom is -0.483 e. The molecule has 1 aliphatic carbocycles. The predicted octanol–water partition coefficient (Wildman–Crippen LogP) is 2.89. The minimum absolute atomic E-state index is 0.0834. The molecule has 6 heteroatoms. The number of carbonyl (C=O) groups is 1. The fourth-order valence-electron chi connectivity index (χ4n) is 3.03. The number of hydrogen-bond acceptors (Lipinski definition) is 5. The van der Waals surface area contributed by atoms with E-state index in [0.717, 1.165) is 25.7 Å². The minimum atomic E-state index is -0.484. The molecule has 0 aromatic heterocycles. The van der Waals surface area contributed by atoms with Gasteiger partial charge in [-0.3, -0.25) is 14.9 Å². The summed E-state index contributed by atoms with van der Waals surface area (Å²) < 4.78 is 11.7. The van der Waals surface area contributed by atoms with Gasteiger partial charge < -0.3 is 9.47 Å². The molecule has 112 valence electrons. The zero-order valence-corrected chi connectivity index (χ0v) is 11.6. The van der Waals surface area contributed by atoms with Crippen molar-refractivity contribution in [3.8, 4) is 5.75 Å². The highest BCUT2D eigenvalue weighted by molar-refractivity contribution is 5.76. The molecule has 1 spiro atoms. The summed E-state index contributed by atoms with van der Waals surface area (Å²) >= 11 is 0. The highest BCUT2D eigenvalue weighted by Gasteiger charge is 2.43. The first kappa shape index (κ1) is 14.0. The van der Waals surface area contributed by atoms with E-state index in [4.69, 9.17) is 9.47 Å². The van der Waals surface area contributed by atoms with Crippen LogP contribution in [0, 0.1) is 10.1 Å². The number of nitro benzene ring substituents is 1. The predicted molar refractivity (Wildman–Crippen MR) is 74.7 cm³/mol. The van der Waals surface area contributed by atoms with Crippen LogP contribution >= 0.6 is 0 Å². The maximum absolute atomic E-state index is 11.1. The van der Waals surface area contributed by atoms with Crippen LogP contribution < -0.4 is 4.74 Å². The summed E-state index contributed by atoms with van der Waals surface area (Å²) in [5, 5.41) is 11.1. The average molecular weight is 291 g/mol. The number of nitro groups is 1. The second-order valence-electron chi connectivity index (χ2n) is 5.72. The van der Waals surface area contributed by atoms with Crippen LogP contribution in [-0.4, -0.2) is 29.5 Å². The SMILES string of the molecule is O=Cc1ccc([N+](=O)[O-])c(OC2CCOC3(CCC3)C2)c1. The first-order chi connectivity index (χ1) is 10.1. The Kier molecular flexibility index (Phi) is 3.63. The first-order valence-electron chi connectivity index (χ1n) is 7.16. The summed E-state index contributed by atoms with van der Waals surface area (Å²) in [7, 11) is 0. The Hall–Kier alpha value is -1.95. The van der Waals surface area contributed by atoms with Crippen molar-refractivity contribution in [2.45, 2.75) is 43.8 Å². The number of rotatable bonds is 4. The van der Waals surface area contributed by atoms with Gasteiger partial charge >= 0.3 is 5.69 Å². The Labute approximate surface area is 122 Å². The van der Waals surface area contributed by atoms with Crippen molar-refractivity contribution in [3.05, 3.63) is 33.9 Å².